The van der Waals surface area contributed by atoms with Crippen LogP contribution in [0, 0.1) is 0 Å². The summed E-state index contributed by atoms with van der Waals surface area (Å²) in [5.74, 6) is 1.65. The number of amides is 1. The van der Waals surface area contributed by atoms with Crippen LogP contribution in [0.4, 0.5) is 17.6 Å². The summed E-state index contributed by atoms with van der Waals surface area (Å²) >= 11 is 6.39. The second-order valence-electron chi connectivity index (χ2n) is 8.53. The molecule has 12 heteroatoms. The first-order chi connectivity index (χ1) is 17.4. The highest BCUT2D eigenvalue weighted by molar-refractivity contribution is 6.33. The third kappa shape index (κ3) is 6.10. The van der Waals surface area contributed by atoms with Crippen LogP contribution in [0.25, 0.3) is 0 Å². The predicted molar refractivity (Wildman–Crippen MR) is 137 cm³/mol. The number of nitrogens with zero attached hydrogens (tertiary/aromatic N) is 5. The zero-order chi connectivity index (χ0) is 25.7. The van der Waals surface area contributed by atoms with Crippen LogP contribution in [0.1, 0.15) is 29.8 Å². The first-order valence-corrected chi connectivity index (χ1v) is 11.9. The lowest BCUT2D eigenvalue weighted by Crippen LogP contribution is -2.54. The van der Waals surface area contributed by atoms with Crippen molar-refractivity contribution in [3.63, 3.8) is 0 Å². The molecule has 1 saturated heterocycles. The number of ether oxygens (including phenoxy) is 2. The highest BCUT2D eigenvalue weighted by Crippen LogP contribution is 2.31. The van der Waals surface area contributed by atoms with E-state index in [1.165, 1.54) is 7.11 Å². The smallest absolute Gasteiger partial charge is 0.251 e. The Morgan fingerprint density at radius 1 is 1.11 bits per heavy atom. The lowest BCUT2D eigenvalue weighted by molar-refractivity contribution is 0.0962. The van der Waals surface area contributed by atoms with Crippen LogP contribution in [0.15, 0.2) is 36.9 Å². The maximum atomic E-state index is 12.0. The van der Waals surface area contributed by atoms with Gasteiger partial charge < -0.3 is 30.3 Å². The van der Waals surface area contributed by atoms with Gasteiger partial charge in [0.25, 0.3) is 5.91 Å². The van der Waals surface area contributed by atoms with E-state index in [4.69, 9.17) is 21.1 Å². The summed E-state index contributed by atoms with van der Waals surface area (Å²) in [6.07, 6.45) is 6.51. The minimum absolute atomic E-state index is 0.106. The van der Waals surface area contributed by atoms with Gasteiger partial charge in [-0.15, -0.1) is 0 Å². The summed E-state index contributed by atoms with van der Waals surface area (Å²) in [5, 5.41) is 9.54. The van der Waals surface area contributed by atoms with Crippen LogP contribution in [0.2, 0.25) is 5.02 Å². The molecule has 0 radical (unpaired) electrons. The second kappa shape index (κ2) is 11.4. The van der Waals surface area contributed by atoms with Gasteiger partial charge in [-0.05, 0) is 26.0 Å². The monoisotopic (exact) mass is 512 g/mol. The molecule has 1 aromatic carbocycles. The average molecular weight is 513 g/mol. The Morgan fingerprint density at radius 2 is 1.78 bits per heavy atom. The number of nitrogens with one attached hydrogen (secondary N) is 3. The largest absolute Gasteiger partial charge is 0.495 e. The summed E-state index contributed by atoms with van der Waals surface area (Å²) in [6.45, 7) is 6.12. The normalized spacial score (nSPS) is 17.4. The predicted octanol–water partition coefficient (Wildman–Crippen LogP) is 2.80. The highest BCUT2D eigenvalue weighted by Gasteiger charge is 2.22. The number of methoxy groups -OCH3 is 1. The van der Waals surface area contributed by atoms with E-state index >= 15 is 0 Å². The van der Waals surface area contributed by atoms with Crippen LogP contribution >= 0.6 is 11.6 Å². The SMILES string of the molecule is CNC(=O)c1cc(COc2cnc(Nc3cnc(N4C[C@@H](C)N[C@@H](C)C4)nc3)nc2)c(Cl)c(OC)c1. The van der Waals surface area contributed by atoms with Gasteiger partial charge in [0.05, 0.1) is 42.6 Å². The molecule has 1 aliphatic rings. The molecular weight excluding hydrogens is 484 g/mol. The number of halogens is 1. The number of aromatic nitrogens is 4. The quantitative estimate of drug-likeness (QED) is 0.414. The first kappa shape index (κ1) is 25.4. The molecule has 1 fully saturated rings. The molecule has 190 valence electrons. The molecule has 36 heavy (non-hydrogen) atoms. The molecule has 1 aliphatic heterocycles. The molecule has 2 atom stereocenters. The van der Waals surface area contributed by atoms with Crippen LogP contribution in [0.5, 0.6) is 11.5 Å². The Morgan fingerprint density at radius 3 is 2.39 bits per heavy atom. The van der Waals surface area contributed by atoms with Gasteiger partial charge in [-0.25, -0.2) is 19.9 Å². The van der Waals surface area contributed by atoms with E-state index in [2.05, 4.69) is 54.6 Å². The van der Waals surface area contributed by atoms with E-state index in [0.29, 0.717) is 57.3 Å². The van der Waals surface area contributed by atoms with Crippen LogP contribution in [-0.2, 0) is 6.61 Å². The van der Waals surface area contributed by atoms with E-state index < -0.39 is 0 Å². The van der Waals surface area contributed by atoms with Crippen molar-refractivity contribution in [1.29, 1.82) is 0 Å². The van der Waals surface area contributed by atoms with Crippen molar-refractivity contribution >= 4 is 35.1 Å². The van der Waals surface area contributed by atoms with Gasteiger partial charge in [0.1, 0.15) is 12.4 Å². The molecule has 3 N–H and O–H groups in total. The number of carbonyl (C=O) groups is 1. The Hall–Kier alpha value is -3.70. The fourth-order valence-corrected chi connectivity index (χ4v) is 4.21. The minimum atomic E-state index is -0.251. The summed E-state index contributed by atoms with van der Waals surface area (Å²) in [6, 6.07) is 3.99. The van der Waals surface area contributed by atoms with Crippen molar-refractivity contribution in [2.24, 2.45) is 0 Å². The topological polar surface area (TPSA) is 126 Å². The van der Waals surface area contributed by atoms with Crippen molar-refractivity contribution in [1.82, 2.24) is 30.6 Å². The second-order valence-corrected chi connectivity index (χ2v) is 8.91. The summed E-state index contributed by atoms with van der Waals surface area (Å²) in [5.41, 5.74) is 1.69. The van der Waals surface area contributed by atoms with Gasteiger partial charge in [-0.1, -0.05) is 11.6 Å². The number of anilines is 3. The molecular formula is C24H29ClN8O3. The molecule has 11 nitrogen and oxygen atoms in total. The van der Waals surface area contributed by atoms with Gasteiger partial charge in [0.15, 0.2) is 5.75 Å². The summed E-state index contributed by atoms with van der Waals surface area (Å²) < 4.78 is 11.1. The van der Waals surface area contributed by atoms with Gasteiger partial charge in [0, 0.05) is 43.3 Å². The van der Waals surface area contributed by atoms with E-state index in [0.717, 1.165) is 13.1 Å². The van der Waals surface area contributed by atoms with Crippen molar-refractivity contribution in [3.8, 4) is 11.5 Å². The maximum Gasteiger partial charge on any atom is 0.251 e. The average Bonchev–Trinajstić information content (AvgIpc) is 2.88. The third-order valence-corrected chi connectivity index (χ3v) is 6.01. The summed E-state index contributed by atoms with van der Waals surface area (Å²) in [4.78, 5) is 31.8. The van der Waals surface area contributed by atoms with E-state index in [-0.39, 0.29) is 12.5 Å². The highest BCUT2D eigenvalue weighted by atomic mass is 35.5. The van der Waals surface area contributed by atoms with Crippen LogP contribution < -0.4 is 30.3 Å². The third-order valence-electron chi connectivity index (χ3n) is 5.58. The molecule has 4 rings (SSSR count). The standard InChI is InChI=1S/C24H29ClN8O3/c1-14-11-33(12-15(2)31-14)24-29-7-18(8-30-24)32-23-27-9-19(10-28-23)36-13-17-5-16(22(34)26-3)6-20(35-4)21(17)25/h5-10,14-15,31H,11-13H2,1-4H3,(H,26,34)(H,27,28,32)/t14-,15+. The number of rotatable bonds is 8. The zero-order valence-electron chi connectivity index (χ0n) is 20.6. The first-order valence-electron chi connectivity index (χ1n) is 11.5. The Labute approximate surface area is 214 Å². The Bertz CT molecular complexity index is 1180. The lowest BCUT2D eigenvalue weighted by Gasteiger charge is -2.36. The minimum Gasteiger partial charge on any atom is -0.495 e. The van der Waals surface area contributed by atoms with Crippen molar-refractivity contribution in [2.45, 2.75) is 32.5 Å². The molecule has 0 saturated carbocycles. The molecule has 3 aromatic rings. The van der Waals surface area contributed by atoms with E-state index in [1.807, 2.05) is 0 Å². The van der Waals surface area contributed by atoms with Gasteiger partial charge in [-0.2, -0.15) is 0 Å². The van der Waals surface area contributed by atoms with E-state index in [9.17, 15) is 4.79 Å². The molecule has 0 bridgehead atoms. The summed E-state index contributed by atoms with van der Waals surface area (Å²) in [7, 11) is 3.05. The fraction of sp³-hybridized carbons (Fsp3) is 0.375. The fourth-order valence-electron chi connectivity index (χ4n) is 3.97. The molecule has 0 aliphatic carbocycles. The van der Waals surface area contributed by atoms with Crippen molar-refractivity contribution in [2.75, 3.05) is 37.5 Å². The zero-order valence-corrected chi connectivity index (χ0v) is 21.3. The molecule has 2 aromatic heterocycles. The maximum absolute atomic E-state index is 12.0. The number of benzene rings is 1. The number of piperazine rings is 1. The van der Waals surface area contributed by atoms with Gasteiger partial charge >= 0.3 is 0 Å². The van der Waals surface area contributed by atoms with Gasteiger partial charge in [-0.3, -0.25) is 4.79 Å². The van der Waals surface area contributed by atoms with Gasteiger partial charge in [0.2, 0.25) is 11.9 Å². The number of hydrogen-bond acceptors (Lipinski definition) is 10. The van der Waals surface area contributed by atoms with E-state index in [1.54, 1.807) is 44.0 Å². The molecule has 1 amide bonds. The number of carbonyl (C=O) groups excluding carboxylic acids is 1. The Balaban J connectivity index is 1.37. The molecule has 3 heterocycles. The Kier molecular flexibility index (Phi) is 8.01. The van der Waals surface area contributed by atoms with Crippen LogP contribution in [-0.4, -0.2) is 65.2 Å². The molecule has 0 spiro atoms. The van der Waals surface area contributed by atoms with Crippen LogP contribution in [0.3, 0.4) is 0 Å². The lowest BCUT2D eigenvalue weighted by atomic mass is 10.1. The number of hydrogen-bond donors (Lipinski definition) is 3. The molecule has 0 unspecified atom stereocenters. The van der Waals surface area contributed by atoms with Crippen molar-refractivity contribution in [3.05, 3.63) is 53.1 Å². The van der Waals surface area contributed by atoms with Crippen molar-refractivity contribution < 1.29 is 14.3 Å².